The first kappa shape index (κ1) is 39.8. The highest BCUT2D eigenvalue weighted by Gasteiger charge is 2.30. The van der Waals surface area contributed by atoms with Crippen molar-refractivity contribution in [3.63, 3.8) is 0 Å². The standard InChI is InChI=1S/C37H44Cl2F2N8O4/c1-7-23(12-13-45(3)4)36(51)47-14-16-48(17-15-47)37(52)26-9-8-24(20-29(26)38)43-35(50)34-44-33(39)32(46(34)5)27-11-10-25(30(40)31(27)41)28-21-42-49(22(28)2)18-19-53-6/h8-11,20-21,23H,7,12-19H2,1-6H3,(H,43,50). The normalized spacial score (nSPS) is 13.9. The van der Waals surface area contributed by atoms with Crippen molar-refractivity contribution >= 4 is 46.6 Å². The molecule has 16 heteroatoms. The van der Waals surface area contributed by atoms with Gasteiger partial charge in [-0.3, -0.25) is 19.1 Å². The minimum absolute atomic E-state index is 0.00632. The van der Waals surface area contributed by atoms with Gasteiger partial charge in [-0.15, -0.1) is 0 Å². The fraction of sp³-hybridized carbons (Fsp3) is 0.432. The topological polar surface area (TPSA) is 118 Å². The van der Waals surface area contributed by atoms with E-state index in [1.807, 2.05) is 25.9 Å². The Morgan fingerprint density at radius 3 is 2.30 bits per heavy atom. The molecule has 5 rings (SSSR count). The molecule has 284 valence electrons. The first-order chi connectivity index (χ1) is 25.3. The van der Waals surface area contributed by atoms with Gasteiger partial charge in [-0.05, 0) is 64.7 Å². The molecule has 0 bridgehead atoms. The molecular weight excluding hydrogens is 729 g/mol. The molecule has 1 aliphatic heterocycles. The van der Waals surface area contributed by atoms with Gasteiger partial charge in [0.1, 0.15) is 0 Å². The molecule has 0 aliphatic carbocycles. The van der Waals surface area contributed by atoms with Crippen LogP contribution in [0.5, 0.6) is 0 Å². The third kappa shape index (κ3) is 8.56. The van der Waals surface area contributed by atoms with Crippen molar-refractivity contribution < 1.29 is 27.9 Å². The summed E-state index contributed by atoms with van der Waals surface area (Å²) in [4.78, 5) is 49.5. The maximum atomic E-state index is 15.6. The average molecular weight is 774 g/mol. The molecular formula is C37H44Cl2F2N8O4. The number of hydrogen-bond donors (Lipinski definition) is 1. The number of methoxy groups -OCH3 is 1. The number of benzene rings is 2. The van der Waals surface area contributed by atoms with Crippen LogP contribution in [0.3, 0.4) is 0 Å². The van der Waals surface area contributed by atoms with Crippen LogP contribution in [0.1, 0.15) is 46.4 Å². The summed E-state index contributed by atoms with van der Waals surface area (Å²) in [5, 5.41) is 6.86. The van der Waals surface area contributed by atoms with Crippen LogP contribution in [0, 0.1) is 24.5 Å². The van der Waals surface area contributed by atoms with E-state index in [0.29, 0.717) is 50.6 Å². The molecule has 2 aromatic carbocycles. The Hall–Kier alpha value is -4.37. The number of carbonyl (C=O) groups is 3. The minimum Gasteiger partial charge on any atom is -0.383 e. The highest BCUT2D eigenvalue weighted by atomic mass is 35.5. The van der Waals surface area contributed by atoms with E-state index >= 15 is 8.78 Å². The number of hydrogen-bond acceptors (Lipinski definition) is 7. The zero-order chi connectivity index (χ0) is 38.6. The molecule has 1 atom stereocenters. The summed E-state index contributed by atoms with van der Waals surface area (Å²) < 4.78 is 39.2. The van der Waals surface area contributed by atoms with Gasteiger partial charge >= 0.3 is 0 Å². The lowest BCUT2D eigenvalue weighted by Gasteiger charge is -2.36. The van der Waals surface area contributed by atoms with Crippen LogP contribution >= 0.6 is 23.2 Å². The highest BCUT2D eigenvalue weighted by molar-refractivity contribution is 6.34. The number of nitrogens with one attached hydrogen (secondary N) is 1. The Balaban J connectivity index is 1.26. The largest absolute Gasteiger partial charge is 0.383 e. The van der Waals surface area contributed by atoms with E-state index in [1.165, 1.54) is 48.1 Å². The highest BCUT2D eigenvalue weighted by Crippen LogP contribution is 2.36. The molecule has 3 heterocycles. The predicted molar refractivity (Wildman–Crippen MR) is 200 cm³/mol. The van der Waals surface area contributed by atoms with Crippen molar-refractivity contribution in [3.05, 3.63) is 75.4 Å². The number of imidazole rings is 1. The van der Waals surface area contributed by atoms with Crippen LogP contribution in [-0.2, 0) is 23.1 Å². The Kier molecular flexibility index (Phi) is 12.9. The quantitative estimate of drug-likeness (QED) is 0.177. The molecule has 1 unspecified atom stereocenters. The molecule has 3 amide bonds. The fourth-order valence-corrected chi connectivity index (χ4v) is 7.01. The van der Waals surface area contributed by atoms with Crippen LogP contribution in [0.2, 0.25) is 10.2 Å². The summed E-state index contributed by atoms with van der Waals surface area (Å²) in [7, 11) is 7.00. The van der Waals surface area contributed by atoms with Gasteiger partial charge in [0.25, 0.3) is 11.8 Å². The number of anilines is 1. The number of aromatic nitrogens is 4. The van der Waals surface area contributed by atoms with Crippen molar-refractivity contribution in [2.24, 2.45) is 13.0 Å². The predicted octanol–water partition coefficient (Wildman–Crippen LogP) is 6.01. The number of amides is 3. The Labute approximate surface area is 317 Å². The number of nitrogens with zero attached hydrogens (tertiary/aromatic N) is 7. The summed E-state index contributed by atoms with van der Waals surface area (Å²) in [6.07, 6.45) is 3.01. The third-order valence-electron chi connectivity index (χ3n) is 9.60. The van der Waals surface area contributed by atoms with E-state index in [4.69, 9.17) is 27.9 Å². The summed E-state index contributed by atoms with van der Waals surface area (Å²) in [6.45, 7) is 7.08. The van der Waals surface area contributed by atoms with Gasteiger partial charge in [-0.2, -0.15) is 5.10 Å². The number of piperazine rings is 1. The Morgan fingerprint density at radius 2 is 1.66 bits per heavy atom. The molecule has 1 N–H and O–H groups in total. The number of carbonyl (C=O) groups excluding carboxylic acids is 3. The zero-order valence-electron chi connectivity index (χ0n) is 30.7. The SMILES string of the molecule is CCC(CCN(C)C)C(=O)N1CCN(C(=O)c2ccc(NC(=O)c3nc(Cl)c(-c4ccc(-c5cnn(CCOC)c5C)c(F)c4F)n3C)cc2Cl)CC1. The molecule has 0 saturated carbocycles. The van der Waals surface area contributed by atoms with E-state index in [1.54, 1.807) is 23.6 Å². The van der Waals surface area contributed by atoms with Gasteiger partial charge in [-0.25, -0.2) is 13.8 Å². The van der Waals surface area contributed by atoms with Crippen LogP contribution in [0.15, 0.2) is 36.5 Å². The van der Waals surface area contributed by atoms with Crippen molar-refractivity contribution in [2.45, 2.75) is 33.2 Å². The molecule has 4 aromatic rings. The molecule has 1 aliphatic rings. The van der Waals surface area contributed by atoms with Gasteiger partial charge in [0.05, 0.1) is 35.6 Å². The molecule has 1 saturated heterocycles. The fourth-order valence-electron chi connectivity index (χ4n) is 6.44. The smallest absolute Gasteiger partial charge is 0.291 e. The van der Waals surface area contributed by atoms with Gasteiger partial charge in [0.15, 0.2) is 16.8 Å². The van der Waals surface area contributed by atoms with Gasteiger partial charge in [0.2, 0.25) is 11.7 Å². The summed E-state index contributed by atoms with van der Waals surface area (Å²) in [6, 6.07) is 7.31. The Bertz CT molecular complexity index is 1990. The monoisotopic (exact) mass is 772 g/mol. The lowest BCUT2D eigenvalue weighted by molar-refractivity contribution is -0.137. The van der Waals surface area contributed by atoms with E-state index in [2.05, 4.69) is 20.3 Å². The molecule has 12 nitrogen and oxygen atoms in total. The number of ether oxygens (including phenoxy) is 1. The van der Waals surface area contributed by atoms with Gasteiger partial charge in [0, 0.05) is 74.3 Å². The second-order valence-corrected chi connectivity index (χ2v) is 14.0. The van der Waals surface area contributed by atoms with E-state index in [-0.39, 0.29) is 61.8 Å². The first-order valence-electron chi connectivity index (χ1n) is 17.3. The van der Waals surface area contributed by atoms with E-state index in [9.17, 15) is 14.4 Å². The van der Waals surface area contributed by atoms with Crippen LogP contribution < -0.4 is 5.32 Å². The summed E-state index contributed by atoms with van der Waals surface area (Å²) in [5.41, 5.74) is 1.45. The maximum absolute atomic E-state index is 15.6. The maximum Gasteiger partial charge on any atom is 0.291 e. The van der Waals surface area contributed by atoms with E-state index < -0.39 is 17.5 Å². The number of halogens is 4. The minimum atomic E-state index is -1.16. The van der Waals surface area contributed by atoms with Gasteiger partial charge < -0.3 is 29.3 Å². The molecule has 2 aromatic heterocycles. The van der Waals surface area contributed by atoms with Crippen LogP contribution in [0.25, 0.3) is 22.4 Å². The lowest BCUT2D eigenvalue weighted by Crippen LogP contribution is -2.52. The van der Waals surface area contributed by atoms with Crippen LogP contribution in [0.4, 0.5) is 14.5 Å². The molecule has 0 radical (unpaired) electrons. The third-order valence-corrected chi connectivity index (χ3v) is 10.2. The zero-order valence-corrected chi connectivity index (χ0v) is 32.2. The van der Waals surface area contributed by atoms with Crippen molar-refractivity contribution in [1.82, 2.24) is 34.0 Å². The van der Waals surface area contributed by atoms with Crippen molar-refractivity contribution in [3.8, 4) is 22.4 Å². The molecule has 1 fully saturated rings. The second-order valence-electron chi connectivity index (χ2n) is 13.2. The molecule has 0 spiro atoms. The average Bonchev–Trinajstić information content (AvgIpc) is 3.65. The second kappa shape index (κ2) is 17.2. The van der Waals surface area contributed by atoms with E-state index in [0.717, 1.165) is 19.4 Å². The van der Waals surface area contributed by atoms with Crippen molar-refractivity contribution in [2.75, 3.05) is 65.9 Å². The van der Waals surface area contributed by atoms with Crippen molar-refractivity contribution in [1.29, 1.82) is 0 Å². The lowest BCUT2D eigenvalue weighted by atomic mass is 10.00. The Morgan fingerprint density at radius 1 is 1.00 bits per heavy atom. The van der Waals surface area contributed by atoms with Crippen LogP contribution in [-0.4, -0.2) is 112 Å². The van der Waals surface area contributed by atoms with Gasteiger partial charge in [-0.1, -0.05) is 36.2 Å². The summed E-state index contributed by atoms with van der Waals surface area (Å²) >= 11 is 12.9. The first-order valence-corrected chi connectivity index (χ1v) is 18.1. The summed E-state index contributed by atoms with van der Waals surface area (Å²) in [5.74, 6) is -3.34. The number of rotatable bonds is 13. The molecule has 53 heavy (non-hydrogen) atoms.